The number of hydrogen-bond donors (Lipinski definition) is 2. The lowest BCUT2D eigenvalue weighted by Gasteiger charge is -2.19. The Hall–Kier alpha value is -2.04. The molecular formula is C15H21N3O2. The molecule has 2 aromatic rings. The maximum atomic E-state index is 11.5. The van der Waals surface area contributed by atoms with Crippen molar-refractivity contribution in [2.75, 3.05) is 6.54 Å². The van der Waals surface area contributed by atoms with Crippen LogP contribution in [0.1, 0.15) is 32.0 Å². The summed E-state index contributed by atoms with van der Waals surface area (Å²) in [6, 6.07) is 6.12. The number of carbonyl (C=O) groups is 1. The average molecular weight is 275 g/mol. The van der Waals surface area contributed by atoms with Crippen LogP contribution in [0.5, 0.6) is 0 Å². The number of alkyl carbamates (subject to hydrolysis) is 1. The van der Waals surface area contributed by atoms with Gasteiger partial charge in [0.05, 0.1) is 5.52 Å². The minimum atomic E-state index is -0.470. The van der Waals surface area contributed by atoms with Crippen LogP contribution in [-0.2, 0) is 11.2 Å². The number of aryl methyl sites for hydroxylation is 1. The van der Waals surface area contributed by atoms with Crippen LogP contribution in [-0.4, -0.2) is 28.4 Å². The van der Waals surface area contributed by atoms with Gasteiger partial charge in [-0.15, -0.1) is 0 Å². The van der Waals surface area contributed by atoms with Crippen LogP contribution >= 0.6 is 0 Å². The third kappa shape index (κ3) is 3.73. The fourth-order valence-corrected chi connectivity index (χ4v) is 1.97. The molecule has 0 spiro atoms. The minimum Gasteiger partial charge on any atom is -0.444 e. The van der Waals surface area contributed by atoms with E-state index in [0.717, 1.165) is 16.6 Å². The van der Waals surface area contributed by atoms with Gasteiger partial charge in [-0.2, -0.15) is 5.10 Å². The molecule has 1 amide bonds. The number of H-pyrrole nitrogens is 1. The lowest BCUT2D eigenvalue weighted by molar-refractivity contribution is 0.0528. The van der Waals surface area contributed by atoms with E-state index >= 15 is 0 Å². The Morgan fingerprint density at radius 2 is 2.15 bits per heavy atom. The molecule has 20 heavy (non-hydrogen) atoms. The number of nitrogens with zero attached hydrogens (tertiary/aromatic N) is 1. The van der Waals surface area contributed by atoms with E-state index in [1.807, 2.05) is 32.9 Å². The summed E-state index contributed by atoms with van der Waals surface area (Å²) >= 11 is 0. The molecule has 0 aliphatic rings. The number of amides is 1. The standard InChI is InChI=1S/C15H21N3O2/c1-10-5-6-12-11(9-10)13(18-17-12)7-8-16-14(19)20-15(2,3)4/h5-6,9H,7-8H2,1-4H3,(H,16,19)(H,17,18). The Balaban J connectivity index is 1.93. The first-order valence-electron chi connectivity index (χ1n) is 6.75. The summed E-state index contributed by atoms with van der Waals surface area (Å²) in [5, 5.41) is 11.1. The van der Waals surface area contributed by atoms with E-state index in [2.05, 4.69) is 28.5 Å². The molecule has 0 radical (unpaired) electrons. The van der Waals surface area contributed by atoms with E-state index in [1.54, 1.807) is 0 Å². The predicted octanol–water partition coefficient (Wildman–Crippen LogP) is 2.94. The molecule has 0 fully saturated rings. The van der Waals surface area contributed by atoms with Crippen molar-refractivity contribution in [3.05, 3.63) is 29.5 Å². The second kappa shape index (κ2) is 5.53. The minimum absolute atomic E-state index is 0.391. The number of hydrogen-bond acceptors (Lipinski definition) is 3. The summed E-state index contributed by atoms with van der Waals surface area (Å²) in [4.78, 5) is 11.5. The van der Waals surface area contributed by atoms with Crippen molar-refractivity contribution in [3.63, 3.8) is 0 Å². The summed E-state index contributed by atoms with van der Waals surface area (Å²) in [6.45, 7) is 8.10. The number of rotatable bonds is 3. The Kier molecular flexibility index (Phi) is 3.97. The zero-order valence-corrected chi connectivity index (χ0v) is 12.4. The van der Waals surface area contributed by atoms with Gasteiger partial charge in [0.25, 0.3) is 0 Å². The second-order valence-corrected chi connectivity index (χ2v) is 5.90. The van der Waals surface area contributed by atoms with Crippen molar-refractivity contribution < 1.29 is 9.53 Å². The third-order valence-corrected chi connectivity index (χ3v) is 2.83. The van der Waals surface area contributed by atoms with Crippen LogP contribution in [0.2, 0.25) is 0 Å². The van der Waals surface area contributed by atoms with Crippen LogP contribution in [0.4, 0.5) is 4.79 Å². The fourth-order valence-electron chi connectivity index (χ4n) is 1.97. The van der Waals surface area contributed by atoms with E-state index in [9.17, 15) is 4.79 Å². The van der Waals surface area contributed by atoms with Gasteiger partial charge in [-0.05, 0) is 39.8 Å². The summed E-state index contributed by atoms with van der Waals surface area (Å²) in [6.07, 6.45) is 0.302. The first kappa shape index (κ1) is 14.4. The normalized spacial score (nSPS) is 11.6. The monoisotopic (exact) mass is 275 g/mol. The highest BCUT2D eigenvalue weighted by atomic mass is 16.6. The first-order valence-corrected chi connectivity index (χ1v) is 6.75. The molecular weight excluding hydrogens is 254 g/mol. The second-order valence-electron chi connectivity index (χ2n) is 5.90. The molecule has 1 heterocycles. The maximum absolute atomic E-state index is 11.5. The maximum Gasteiger partial charge on any atom is 0.407 e. The third-order valence-electron chi connectivity index (χ3n) is 2.83. The first-order chi connectivity index (χ1) is 9.35. The number of ether oxygens (including phenoxy) is 1. The smallest absolute Gasteiger partial charge is 0.407 e. The van der Waals surface area contributed by atoms with Gasteiger partial charge in [0.15, 0.2) is 0 Å². The molecule has 5 nitrogen and oxygen atoms in total. The van der Waals surface area contributed by atoms with E-state index in [4.69, 9.17) is 4.74 Å². The Morgan fingerprint density at radius 3 is 2.85 bits per heavy atom. The van der Waals surface area contributed by atoms with Gasteiger partial charge in [0.2, 0.25) is 0 Å². The van der Waals surface area contributed by atoms with Crippen molar-refractivity contribution in [1.29, 1.82) is 0 Å². The molecule has 108 valence electrons. The quantitative estimate of drug-likeness (QED) is 0.905. The summed E-state index contributed by atoms with van der Waals surface area (Å²) in [5.74, 6) is 0. The number of fused-ring (bicyclic) bond motifs is 1. The van der Waals surface area contributed by atoms with Gasteiger partial charge in [-0.1, -0.05) is 11.6 Å². The van der Waals surface area contributed by atoms with Crippen LogP contribution in [0, 0.1) is 6.92 Å². The number of nitrogens with one attached hydrogen (secondary N) is 2. The van der Waals surface area contributed by atoms with E-state index < -0.39 is 11.7 Å². The molecule has 5 heteroatoms. The molecule has 2 N–H and O–H groups in total. The summed E-state index contributed by atoms with van der Waals surface area (Å²) in [7, 11) is 0. The molecule has 0 bridgehead atoms. The molecule has 0 atom stereocenters. The highest BCUT2D eigenvalue weighted by Crippen LogP contribution is 2.17. The lowest BCUT2D eigenvalue weighted by atomic mass is 10.1. The van der Waals surface area contributed by atoms with Gasteiger partial charge in [0.1, 0.15) is 5.60 Å². The molecule has 0 saturated heterocycles. The highest BCUT2D eigenvalue weighted by Gasteiger charge is 2.15. The molecule has 1 aromatic carbocycles. The Labute approximate surface area is 118 Å². The Morgan fingerprint density at radius 1 is 1.40 bits per heavy atom. The molecule has 0 saturated carbocycles. The zero-order valence-electron chi connectivity index (χ0n) is 12.4. The molecule has 0 aliphatic carbocycles. The average Bonchev–Trinajstić information content (AvgIpc) is 2.69. The Bertz CT molecular complexity index is 611. The van der Waals surface area contributed by atoms with Crippen LogP contribution in [0.15, 0.2) is 18.2 Å². The molecule has 0 unspecified atom stereocenters. The van der Waals surface area contributed by atoms with E-state index in [0.29, 0.717) is 13.0 Å². The van der Waals surface area contributed by atoms with E-state index in [1.165, 1.54) is 5.56 Å². The summed E-state index contributed by atoms with van der Waals surface area (Å²) in [5.41, 5.74) is 2.70. The van der Waals surface area contributed by atoms with E-state index in [-0.39, 0.29) is 0 Å². The zero-order chi connectivity index (χ0) is 14.8. The van der Waals surface area contributed by atoms with Gasteiger partial charge in [-0.25, -0.2) is 4.79 Å². The summed E-state index contributed by atoms with van der Waals surface area (Å²) < 4.78 is 5.19. The van der Waals surface area contributed by atoms with Gasteiger partial charge in [0, 0.05) is 24.0 Å². The van der Waals surface area contributed by atoms with Crippen LogP contribution in [0.3, 0.4) is 0 Å². The van der Waals surface area contributed by atoms with Gasteiger partial charge >= 0.3 is 6.09 Å². The van der Waals surface area contributed by atoms with Gasteiger partial charge in [-0.3, -0.25) is 5.10 Å². The van der Waals surface area contributed by atoms with Crippen molar-refractivity contribution >= 4 is 17.0 Å². The van der Waals surface area contributed by atoms with Crippen molar-refractivity contribution in [2.24, 2.45) is 0 Å². The van der Waals surface area contributed by atoms with Gasteiger partial charge < -0.3 is 10.1 Å². The van der Waals surface area contributed by atoms with Crippen LogP contribution < -0.4 is 5.32 Å². The predicted molar refractivity (Wildman–Crippen MR) is 78.8 cm³/mol. The number of benzene rings is 1. The molecule has 2 rings (SSSR count). The molecule has 1 aromatic heterocycles. The fraction of sp³-hybridized carbons (Fsp3) is 0.467. The van der Waals surface area contributed by atoms with Crippen LogP contribution in [0.25, 0.3) is 10.9 Å². The van der Waals surface area contributed by atoms with Crippen molar-refractivity contribution in [2.45, 2.75) is 39.7 Å². The largest absolute Gasteiger partial charge is 0.444 e. The molecule has 0 aliphatic heterocycles. The number of aromatic amines is 1. The lowest BCUT2D eigenvalue weighted by Crippen LogP contribution is -2.33. The van der Waals surface area contributed by atoms with Crippen molar-refractivity contribution in [1.82, 2.24) is 15.5 Å². The SMILES string of the molecule is Cc1ccc2n[nH]c(CCNC(=O)OC(C)(C)C)c2c1. The topological polar surface area (TPSA) is 67.0 Å². The number of aromatic nitrogens is 2. The number of carbonyl (C=O) groups excluding carboxylic acids is 1. The highest BCUT2D eigenvalue weighted by molar-refractivity contribution is 5.82. The van der Waals surface area contributed by atoms with Crippen molar-refractivity contribution in [3.8, 4) is 0 Å².